The summed E-state index contributed by atoms with van der Waals surface area (Å²) in [4.78, 5) is 6.01. The van der Waals surface area contributed by atoms with Crippen molar-refractivity contribution in [3.63, 3.8) is 0 Å². The second-order valence-electron chi connectivity index (χ2n) is 6.88. The van der Waals surface area contributed by atoms with Gasteiger partial charge in [0.25, 0.3) is 0 Å². The Morgan fingerprint density at radius 1 is 1.22 bits per heavy atom. The molecular weight excluding hydrogens is 345 g/mol. The highest BCUT2D eigenvalue weighted by molar-refractivity contribution is 5.64. The zero-order chi connectivity index (χ0) is 18.6. The molecule has 3 heterocycles. The zero-order valence-corrected chi connectivity index (χ0v) is 15.2. The number of benzene rings is 1. The van der Waals surface area contributed by atoms with Crippen molar-refractivity contribution in [2.45, 2.75) is 32.6 Å². The van der Waals surface area contributed by atoms with Gasteiger partial charge in [-0.1, -0.05) is 30.3 Å². The Balaban J connectivity index is 1.33. The van der Waals surface area contributed by atoms with Crippen LogP contribution in [0.4, 0.5) is 4.39 Å². The molecule has 1 unspecified atom stereocenters. The minimum atomic E-state index is -0.446. The molecule has 1 N–H and O–H groups in total. The van der Waals surface area contributed by atoms with E-state index in [0.717, 1.165) is 54.1 Å². The second kappa shape index (κ2) is 7.94. The maximum Gasteiger partial charge on any atom is 0.212 e. The number of aromatic amines is 1. The summed E-state index contributed by atoms with van der Waals surface area (Å²) < 4.78 is 19.0. The highest BCUT2D eigenvalue weighted by Gasteiger charge is 2.24. The van der Waals surface area contributed by atoms with Gasteiger partial charge < -0.3 is 4.74 Å². The monoisotopic (exact) mass is 367 g/mol. The van der Waals surface area contributed by atoms with Crippen molar-refractivity contribution in [1.82, 2.24) is 25.3 Å². The van der Waals surface area contributed by atoms with E-state index in [0.29, 0.717) is 6.61 Å². The van der Waals surface area contributed by atoms with E-state index in [1.165, 1.54) is 6.07 Å². The molecular formula is C20H22FN5O. The van der Waals surface area contributed by atoms with Crippen LogP contribution in [0.2, 0.25) is 0 Å². The first kappa shape index (κ1) is 17.8. The lowest BCUT2D eigenvalue weighted by Crippen LogP contribution is -2.23. The van der Waals surface area contributed by atoms with E-state index in [1.807, 2.05) is 18.2 Å². The number of ether oxygens (including phenoxy) is 1. The summed E-state index contributed by atoms with van der Waals surface area (Å²) in [7, 11) is 0. The lowest BCUT2D eigenvalue weighted by molar-refractivity contribution is 0.0445. The Morgan fingerprint density at radius 3 is 2.93 bits per heavy atom. The SMILES string of the molecule is Cc1ccccc1-c1n[nH]nc1COC1CCN(Cc2ccc(F)nc2)C1. The minimum Gasteiger partial charge on any atom is -0.370 e. The number of H-pyrrole nitrogens is 1. The number of rotatable bonds is 6. The van der Waals surface area contributed by atoms with Gasteiger partial charge in [0.2, 0.25) is 5.95 Å². The molecule has 1 fully saturated rings. The van der Waals surface area contributed by atoms with Crippen molar-refractivity contribution in [1.29, 1.82) is 0 Å². The average Bonchev–Trinajstić information content (AvgIpc) is 3.31. The first-order chi connectivity index (χ1) is 13.2. The molecule has 1 aliphatic rings. The highest BCUT2D eigenvalue weighted by atomic mass is 19.1. The van der Waals surface area contributed by atoms with Crippen LogP contribution in [0.5, 0.6) is 0 Å². The van der Waals surface area contributed by atoms with Gasteiger partial charge >= 0.3 is 0 Å². The number of likely N-dealkylation sites (tertiary alicyclic amines) is 1. The van der Waals surface area contributed by atoms with Crippen LogP contribution < -0.4 is 0 Å². The predicted octanol–water partition coefficient (Wildman–Crippen LogP) is 3.11. The number of nitrogens with zero attached hydrogens (tertiary/aromatic N) is 4. The van der Waals surface area contributed by atoms with E-state index < -0.39 is 5.95 Å². The Labute approximate surface area is 157 Å². The quantitative estimate of drug-likeness (QED) is 0.678. The van der Waals surface area contributed by atoms with Crippen LogP contribution >= 0.6 is 0 Å². The molecule has 4 rings (SSSR count). The molecule has 140 valence electrons. The van der Waals surface area contributed by atoms with E-state index in [2.05, 4.69) is 38.3 Å². The van der Waals surface area contributed by atoms with Gasteiger partial charge in [-0.25, -0.2) is 4.98 Å². The molecule has 1 saturated heterocycles. The van der Waals surface area contributed by atoms with Crippen molar-refractivity contribution in [2.75, 3.05) is 13.1 Å². The van der Waals surface area contributed by atoms with Gasteiger partial charge in [0, 0.05) is 31.4 Å². The fraction of sp³-hybridized carbons (Fsp3) is 0.350. The molecule has 0 bridgehead atoms. The summed E-state index contributed by atoms with van der Waals surface area (Å²) in [5.41, 5.74) is 4.91. The summed E-state index contributed by atoms with van der Waals surface area (Å²) in [6.45, 7) is 5.04. The van der Waals surface area contributed by atoms with Crippen LogP contribution in [0, 0.1) is 12.9 Å². The predicted molar refractivity (Wildman–Crippen MR) is 99.2 cm³/mol. The van der Waals surface area contributed by atoms with Gasteiger partial charge in [0.15, 0.2) is 0 Å². The van der Waals surface area contributed by atoms with Crippen molar-refractivity contribution < 1.29 is 9.13 Å². The molecule has 7 heteroatoms. The number of aryl methyl sites for hydroxylation is 1. The lowest BCUT2D eigenvalue weighted by atomic mass is 10.0. The van der Waals surface area contributed by atoms with Crippen LogP contribution in [0.25, 0.3) is 11.3 Å². The summed E-state index contributed by atoms with van der Waals surface area (Å²) in [5.74, 6) is -0.446. The smallest absolute Gasteiger partial charge is 0.212 e. The molecule has 0 radical (unpaired) electrons. The third-order valence-corrected chi connectivity index (χ3v) is 4.90. The van der Waals surface area contributed by atoms with Crippen molar-refractivity contribution >= 4 is 0 Å². The first-order valence-electron chi connectivity index (χ1n) is 9.09. The van der Waals surface area contributed by atoms with Crippen LogP contribution in [-0.2, 0) is 17.9 Å². The second-order valence-corrected chi connectivity index (χ2v) is 6.88. The summed E-state index contributed by atoms with van der Waals surface area (Å²) in [5, 5.41) is 11.3. The molecule has 0 amide bonds. The molecule has 1 atom stereocenters. The number of nitrogens with one attached hydrogen (secondary N) is 1. The Kier molecular flexibility index (Phi) is 5.22. The molecule has 6 nitrogen and oxygen atoms in total. The fourth-order valence-electron chi connectivity index (χ4n) is 3.44. The van der Waals surface area contributed by atoms with Gasteiger partial charge in [0.1, 0.15) is 11.4 Å². The molecule has 0 saturated carbocycles. The maximum absolute atomic E-state index is 12.9. The molecule has 0 spiro atoms. The van der Waals surface area contributed by atoms with E-state index in [1.54, 1.807) is 12.3 Å². The maximum atomic E-state index is 12.9. The highest BCUT2D eigenvalue weighted by Crippen LogP contribution is 2.24. The van der Waals surface area contributed by atoms with Gasteiger partial charge in [-0.15, -0.1) is 0 Å². The molecule has 27 heavy (non-hydrogen) atoms. The van der Waals surface area contributed by atoms with E-state index in [9.17, 15) is 4.39 Å². The van der Waals surface area contributed by atoms with Crippen LogP contribution in [0.1, 0.15) is 23.2 Å². The van der Waals surface area contributed by atoms with Crippen molar-refractivity contribution in [3.05, 3.63) is 65.4 Å². The van der Waals surface area contributed by atoms with Crippen molar-refractivity contribution in [3.8, 4) is 11.3 Å². The average molecular weight is 367 g/mol. The minimum absolute atomic E-state index is 0.153. The van der Waals surface area contributed by atoms with Crippen LogP contribution in [0.3, 0.4) is 0 Å². The van der Waals surface area contributed by atoms with Crippen LogP contribution in [0.15, 0.2) is 42.6 Å². The molecule has 0 aliphatic carbocycles. The number of pyridine rings is 1. The van der Waals surface area contributed by atoms with E-state index in [4.69, 9.17) is 4.74 Å². The summed E-state index contributed by atoms with van der Waals surface area (Å²) in [6, 6.07) is 11.3. The van der Waals surface area contributed by atoms with Crippen molar-refractivity contribution in [2.24, 2.45) is 0 Å². The normalized spacial score (nSPS) is 17.5. The number of halogens is 1. The van der Waals surface area contributed by atoms with E-state index >= 15 is 0 Å². The summed E-state index contributed by atoms with van der Waals surface area (Å²) >= 11 is 0. The number of aromatic nitrogens is 4. The lowest BCUT2D eigenvalue weighted by Gasteiger charge is -2.16. The van der Waals surface area contributed by atoms with Gasteiger partial charge in [-0.05, 0) is 30.5 Å². The molecule has 2 aromatic heterocycles. The zero-order valence-electron chi connectivity index (χ0n) is 15.2. The molecule has 1 aromatic carbocycles. The third-order valence-electron chi connectivity index (χ3n) is 4.90. The molecule has 3 aromatic rings. The number of hydrogen-bond acceptors (Lipinski definition) is 5. The Bertz CT molecular complexity index is 895. The number of hydrogen-bond donors (Lipinski definition) is 1. The van der Waals surface area contributed by atoms with Crippen LogP contribution in [-0.4, -0.2) is 44.5 Å². The van der Waals surface area contributed by atoms with E-state index in [-0.39, 0.29) is 6.10 Å². The summed E-state index contributed by atoms with van der Waals surface area (Å²) in [6.07, 6.45) is 2.71. The molecule has 1 aliphatic heterocycles. The largest absolute Gasteiger partial charge is 0.370 e. The van der Waals surface area contributed by atoms with Gasteiger partial charge in [-0.2, -0.15) is 19.8 Å². The third kappa shape index (κ3) is 4.20. The van der Waals surface area contributed by atoms with Gasteiger partial charge in [0.05, 0.1) is 12.7 Å². The van der Waals surface area contributed by atoms with Gasteiger partial charge in [-0.3, -0.25) is 4.90 Å². The topological polar surface area (TPSA) is 66.9 Å². The fourth-order valence-corrected chi connectivity index (χ4v) is 3.44. The Morgan fingerprint density at radius 2 is 2.11 bits per heavy atom. The Hall–Kier alpha value is -2.64. The standard InChI is InChI=1S/C20H22FN5O/c1-14-4-2-3-5-17(14)20-18(23-25-24-20)13-27-16-8-9-26(12-16)11-15-6-7-19(21)22-10-15/h2-7,10,16H,8-9,11-13H2,1H3,(H,23,24,25). The first-order valence-corrected chi connectivity index (χ1v) is 9.09.